The van der Waals surface area contributed by atoms with Crippen molar-refractivity contribution in [3.63, 3.8) is 0 Å². The van der Waals surface area contributed by atoms with Gasteiger partial charge in [-0.1, -0.05) is 0 Å². The van der Waals surface area contributed by atoms with Crippen molar-refractivity contribution < 1.29 is 14.4 Å². The van der Waals surface area contributed by atoms with Crippen LogP contribution in [0, 0.1) is 0 Å². The van der Waals surface area contributed by atoms with E-state index in [0.717, 1.165) is 0 Å². The van der Waals surface area contributed by atoms with Gasteiger partial charge in [-0.2, -0.15) is 5.10 Å². The predicted molar refractivity (Wildman–Crippen MR) is 107 cm³/mol. The van der Waals surface area contributed by atoms with Crippen LogP contribution < -0.4 is 25.9 Å². The maximum atomic E-state index is 12.1. The van der Waals surface area contributed by atoms with Gasteiger partial charge in [-0.05, 0) is 25.2 Å². The summed E-state index contributed by atoms with van der Waals surface area (Å²) in [6.07, 6.45) is 4.73. The van der Waals surface area contributed by atoms with Crippen molar-refractivity contribution in [2.24, 2.45) is 7.05 Å². The summed E-state index contributed by atoms with van der Waals surface area (Å²) in [5, 5.41) is 13.6. The third-order valence-corrected chi connectivity index (χ3v) is 5.04. The molecule has 10 nitrogen and oxygen atoms in total. The minimum atomic E-state index is -1.36. The molecule has 146 valence electrons. The van der Waals surface area contributed by atoms with E-state index in [0.29, 0.717) is 39.0 Å². The number of nitrogens with one attached hydrogen (secondary N) is 2. The number of rotatable bonds is 7. The molecule has 0 radical (unpaired) electrons. The number of benzene rings is 1. The van der Waals surface area contributed by atoms with Crippen LogP contribution in [0.25, 0.3) is 0 Å². The Hall–Kier alpha value is -3.31. The van der Waals surface area contributed by atoms with Gasteiger partial charge in [0.2, 0.25) is 5.71 Å². The number of hydrogen-bond donors (Lipinski definition) is 4. The largest absolute Gasteiger partial charge is 0.495 e. The van der Waals surface area contributed by atoms with E-state index < -0.39 is 11.0 Å². The Bertz CT molecular complexity index is 1050. The van der Waals surface area contributed by atoms with E-state index in [1.165, 1.54) is 6.33 Å². The average Bonchev–Trinajstić information content (AvgIpc) is 3.13. The van der Waals surface area contributed by atoms with Gasteiger partial charge in [0, 0.05) is 13.2 Å². The Morgan fingerprint density at radius 2 is 2.14 bits per heavy atom. The highest BCUT2D eigenvalue weighted by atomic mass is 32.2. The SMILES string of the molecule is CNS(=O)c1ccc(OC)c(Nc2ncnc(N)c2C(=[NH2+])c2cnn(C)c2)c1. The molecule has 0 bridgehead atoms. The van der Waals surface area contributed by atoms with Crippen LogP contribution in [0.2, 0.25) is 0 Å². The highest BCUT2D eigenvalue weighted by Crippen LogP contribution is 2.31. The van der Waals surface area contributed by atoms with E-state index in [9.17, 15) is 4.21 Å². The van der Waals surface area contributed by atoms with Crippen molar-refractivity contribution in [1.82, 2.24) is 24.5 Å². The molecule has 0 fully saturated rings. The Balaban J connectivity index is 2.05. The fourth-order valence-corrected chi connectivity index (χ4v) is 3.26. The zero-order chi connectivity index (χ0) is 20.3. The van der Waals surface area contributed by atoms with Gasteiger partial charge in [-0.15, -0.1) is 0 Å². The highest BCUT2D eigenvalue weighted by molar-refractivity contribution is 7.83. The molecule has 2 heterocycles. The predicted octanol–water partition coefficient (Wildman–Crippen LogP) is -0.617. The summed E-state index contributed by atoms with van der Waals surface area (Å²) in [5.74, 6) is 1.15. The molecule has 1 aromatic carbocycles. The Kier molecular flexibility index (Phi) is 5.66. The van der Waals surface area contributed by atoms with Crippen molar-refractivity contribution >= 4 is 34.0 Å². The molecule has 0 aliphatic carbocycles. The van der Waals surface area contributed by atoms with Crippen LogP contribution in [0.4, 0.5) is 17.3 Å². The Morgan fingerprint density at radius 3 is 2.79 bits per heavy atom. The lowest BCUT2D eigenvalue weighted by Gasteiger charge is -2.14. The molecular formula is C17H21N8O2S+. The first-order chi connectivity index (χ1) is 13.4. The molecule has 6 N–H and O–H groups in total. The van der Waals surface area contributed by atoms with Crippen LogP contribution in [0.15, 0.2) is 41.8 Å². The summed E-state index contributed by atoms with van der Waals surface area (Å²) < 4.78 is 21.8. The first-order valence-corrected chi connectivity index (χ1v) is 9.36. The molecule has 3 aromatic rings. The van der Waals surface area contributed by atoms with Gasteiger partial charge in [-0.3, -0.25) is 10.1 Å². The molecule has 2 aromatic heterocycles. The fraction of sp³-hybridized carbons (Fsp3) is 0.176. The molecule has 0 saturated carbocycles. The average molecular weight is 401 g/mol. The van der Waals surface area contributed by atoms with Crippen molar-refractivity contribution in [2.45, 2.75) is 4.90 Å². The summed E-state index contributed by atoms with van der Waals surface area (Å²) in [5.41, 5.74) is 8.14. The van der Waals surface area contributed by atoms with Crippen LogP contribution >= 0.6 is 0 Å². The van der Waals surface area contributed by atoms with Crippen LogP contribution in [0.1, 0.15) is 11.1 Å². The zero-order valence-electron chi connectivity index (χ0n) is 15.6. The van der Waals surface area contributed by atoms with Gasteiger partial charge in [0.1, 0.15) is 40.3 Å². The van der Waals surface area contributed by atoms with Crippen molar-refractivity contribution in [1.29, 1.82) is 0 Å². The zero-order valence-corrected chi connectivity index (χ0v) is 16.4. The summed E-state index contributed by atoms with van der Waals surface area (Å²) in [6.45, 7) is 0. The van der Waals surface area contributed by atoms with Crippen LogP contribution in [0.5, 0.6) is 5.75 Å². The normalized spacial score (nSPS) is 11.8. The van der Waals surface area contributed by atoms with Crippen molar-refractivity contribution in [3.8, 4) is 5.75 Å². The van der Waals surface area contributed by atoms with E-state index in [1.54, 1.807) is 56.5 Å². The number of hydrogen-bond acceptors (Lipinski definition) is 7. The van der Waals surface area contributed by atoms with E-state index in [1.807, 2.05) is 0 Å². The van der Waals surface area contributed by atoms with Crippen LogP contribution in [0.3, 0.4) is 0 Å². The topological polar surface area (TPSA) is 146 Å². The number of methoxy groups -OCH3 is 1. The number of aryl methyl sites for hydroxylation is 1. The van der Waals surface area contributed by atoms with E-state index in [4.69, 9.17) is 15.9 Å². The molecule has 0 spiro atoms. The second-order valence-corrected chi connectivity index (χ2v) is 7.18. The number of nitrogen functional groups attached to an aromatic ring is 1. The van der Waals surface area contributed by atoms with Gasteiger partial charge in [0.25, 0.3) is 0 Å². The first-order valence-electron chi connectivity index (χ1n) is 8.21. The molecule has 3 rings (SSSR count). The molecule has 1 atom stereocenters. The molecule has 1 unspecified atom stereocenters. The van der Waals surface area contributed by atoms with Gasteiger partial charge < -0.3 is 15.8 Å². The molecule has 11 heteroatoms. The number of aromatic nitrogens is 4. The third-order valence-electron chi connectivity index (χ3n) is 3.99. The summed E-state index contributed by atoms with van der Waals surface area (Å²) in [7, 11) is 3.59. The molecule has 0 aliphatic heterocycles. The second kappa shape index (κ2) is 8.15. The molecular weight excluding hydrogens is 380 g/mol. The lowest BCUT2D eigenvalue weighted by Crippen LogP contribution is -2.41. The van der Waals surface area contributed by atoms with Crippen LogP contribution in [-0.2, 0) is 18.0 Å². The first kappa shape index (κ1) is 19.5. The van der Waals surface area contributed by atoms with Crippen molar-refractivity contribution in [3.05, 3.63) is 48.0 Å². The van der Waals surface area contributed by atoms with Crippen LogP contribution in [-0.4, -0.2) is 43.8 Å². The second-order valence-electron chi connectivity index (χ2n) is 5.76. The fourth-order valence-electron chi connectivity index (χ4n) is 2.61. The number of nitrogens with zero attached hydrogens (tertiary/aromatic N) is 4. The maximum Gasteiger partial charge on any atom is 0.222 e. The Morgan fingerprint density at radius 1 is 1.36 bits per heavy atom. The third kappa shape index (κ3) is 3.85. The van der Waals surface area contributed by atoms with E-state index in [-0.39, 0.29) is 5.82 Å². The van der Waals surface area contributed by atoms with Gasteiger partial charge in [0.05, 0.1) is 29.5 Å². The van der Waals surface area contributed by atoms with Gasteiger partial charge in [0.15, 0.2) is 0 Å². The minimum absolute atomic E-state index is 0.216. The molecule has 0 amide bonds. The maximum absolute atomic E-state index is 12.1. The minimum Gasteiger partial charge on any atom is -0.495 e. The standard InChI is InChI=1S/C17H20N8O2S/c1-20-28(26)11-4-5-13(27-3)12(6-11)24-17-14(16(19)21-9-22-17)15(18)10-7-23-25(2)8-10/h4-9,18,20H,1-3H3,(H3,19,21,22,24)/p+1. The number of anilines is 3. The summed E-state index contributed by atoms with van der Waals surface area (Å²) >= 11 is 0. The van der Waals surface area contributed by atoms with Gasteiger partial charge >= 0.3 is 0 Å². The quantitative estimate of drug-likeness (QED) is 0.386. The summed E-state index contributed by atoms with van der Waals surface area (Å²) in [6, 6.07) is 5.13. The van der Waals surface area contributed by atoms with E-state index >= 15 is 0 Å². The summed E-state index contributed by atoms with van der Waals surface area (Å²) in [4.78, 5) is 8.89. The van der Waals surface area contributed by atoms with Gasteiger partial charge in [-0.25, -0.2) is 18.9 Å². The number of ether oxygens (including phenoxy) is 1. The monoisotopic (exact) mass is 401 g/mol. The number of nitrogens with two attached hydrogens (primary N) is 2. The lowest BCUT2D eigenvalue weighted by atomic mass is 10.1. The van der Waals surface area contributed by atoms with Crippen molar-refractivity contribution in [2.75, 3.05) is 25.2 Å². The smallest absolute Gasteiger partial charge is 0.222 e. The molecule has 0 saturated heterocycles. The lowest BCUT2D eigenvalue weighted by molar-refractivity contribution is -0.111. The Labute approximate surface area is 164 Å². The highest BCUT2D eigenvalue weighted by Gasteiger charge is 2.23. The molecule has 0 aliphatic rings. The van der Waals surface area contributed by atoms with E-state index in [2.05, 4.69) is 25.1 Å². The molecule has 28 heavy (non-hydrogen) atoms.